The number of nitrogens with one attached hydrogen (secondary N) is 1. The van der Waals surface area contributed by atoms with Crippen molar-refractivity contribution in [1.29, 1.82) is 0 Å². The van der Waals surface area contributed by atoms with Gasteiger partial charge in [-0.05, 0) is 36.4 Å². The summed E-state index contributed by atoms with van der Waals surface area (Å²) in [6, 6.07) is 9.72. The normalized spacial score (nSPS) is 10.0. The van der Waals surface area contributed by atoms with E-state index in [1.807, 2.05) is 0 Å². The Labute approximate surface area is 115 Å². The zero-order chi connectivity index (χ0) is 14.4. The Hall–Kier alpha value is -2.76. The van der Waals surface area contributed by atoms with Gasteiger partial charge in [0.15, 0.2) is 6.61 Å². The largest absolute Gasteiger partial charge is 0.467 e. The monoisotopic (exact) mass is 274 g/mol. The molecule has 1 heterocycles. The highest BCUT2D eigenvalue weighted by Gasteiger charge is 2.10. The molecular weight excluding hydrogens is 260 g/mol. The van der Waals surface area contributed by atoms with Crippen LogP contribution in [0.15, 0.2) is 47.1 Å². The van der Waals surface area contributed by atoms with E-state index < -0.39 is 11.9 Å². The van der Waals surface area contributed by atoms with Crippen LogP contribution in [0.25, 0.3) is 0 Å². The van der Waals surface area contributed by atoms with E-state index >= 15 is 0 Å². The number of esters is 1. The van der Waals surface area contributed by atoms with E-state index in [0.717, 1.165) is 0 Å². The van der Waals surface area contributed by atoms with Gasteiger partial charge in [0.05, 0.1) is 18.4 Å². The van der Waals surface area contributed by atoms with Crippen LogP contribution in [0.3, 0.4) is 0 Å². The number of anilines is 1. The molecule has 0 spiro atoms. The number of nitrogens with two attached hydrogens (primary N) is 1. The standard InChI is InChI=1S/C14H14N2O4/c15-11-5-3-10(4-6-11)14(18)20-9-13(17)16-8-12-2-1-7-19-12/h1-7H,8-9,15H2,(H,16,17). The molecule has 0 aliphatic heterocycles. The van der Waals surface area contributed by atoms with Crippen molar-refractivity contribution in [2.75, 3.05) is 12.3 Å². The van der Waals surface area contributed by atoms with Gasteiger partial charge in [0, 0.05) is 5.69 Å². The maximum atomic E-state index is 11.6. The molecular formula is C14H14N2O4. The molecule has 3 N–H and O–H groups in total. The van der Waals surface area contributed by atoms with Gasteiger partial charge < -0.3 is 20.2 Å². The highest BCUT2D eigenvalue weighted by atomic mass is 16.5. The number of carbonyl (C=O) groups excluding carboxylic acids is 2. The average Bonchev–Trinajstić information content (AvgIpc) is 2.96. The molecule has 2 rings (SSSR count). The lowest BCUT2D eigenvalue weighted by molar-refractivity contribution is -0.124. The van der Waals surface area contributed by atoms with Gasteiger partial charge in [0.2, 0.25) is 0 Å². The van der Waals surface area contributed by atoms with Crippen LogP contribution in [0.5, 0.6) is 0 Å². The predicted octanol–water partition coefficient (Wildman–Crippen LogP) is 1.33. The smallest absolute Gasteiger partial charge is 0.338 e. The molecule has 1 aromatic carbocycles. The van der Waals surface area contributed by atoms with Crippen LogP contribution in [0.2, 0.25) is 0 Å². The summed E-state index contributed by atoms with van der Waals surface area (Å²) in [5, 5.41) is 2.57. The van der Waals surface area contributed by atoms with Crippen molar-refractivity contribution in [3.05, 3.63) is 54.0 Å². The number of hydrogen-bond acceptors (Lipinski definition) is 5. The molecule has 20 heavy (non-hydrogen) atoms. The Morgan fingerprint density at radius 3 is 2.60 bits per heavy atom. The third kappa shape index (κ3) is 3.88. The molecule has 2 aromatic rings. The number of amides is 1. The minimum atomic E-state index is -0.571. The Bertz CT molecular complexity index is 576. The van der Waals surface area contributed by atoms with Crippen LogP contribution in [0, 0.1) is 0 Å². The Balaban J connectivity index is 1.75. The summed E-state index contributed by atoms with van der Waals surface area (Å²) in [5.41, 5.74) is 6.41. The van der Waals surface area contributed by atoms with Gasteiger partial charge in [-0.15, -0.1) is 0 Å². The summed E-state index contributed by atoms with van der Waals surface area (Å²) in [7, 11) is 0. The lowest BCUT2D eigenvalue weighted by Gasteiger charge is -2.05. The zero-order valence-electron chi connectivity index (χ0n) is 10.7. The van der Waals surface area contributed by atoms with Gasteiger partial charge in [0.1, 0.15) is 5.76 Å². The number of furan rings is 1. The fraction of sp³-hybridized carbons (Fsp3) is 0.143. The van der Waals surface area contributed by atoms with Crippen molar-refractivity contribution in [2.24, 2.45) is 0 Å². The predicted molar refractivity (Wildman–Crippen MR) is 71.7 cm³/mol. The first kappa shape index (κ1) is 13.7. The van der Waals surface area contributed by atoms with E-state index in [9.17, 15) is 9.59 Å². The molecule has 0 unspecified atom stereocenters. The second-order valence-corrected chi connectivity index (χ2v) is 4.05. The van der Waals surface area contributed by atoms with Gasteiger partial charge in [0.25, 0.3) is 5.91 Å². The van der Waals surface area contributed by atoms with Crippen molar-refractivity contribution in [2.45, 2.75) is 6.54 Å². The Morgan fingerprint density at radius 2 is 1.95 bits per heavy atom. The van der Waals surface area contributed by atoms with E-state index in [1.165, 1.54) is 6.26 Å². The average molecular weight is 274 g/mol. The maximum absolute atomic E-state index is 11.6. The van der Waals surface area contributed by atoms with E-state index in [4.69, 9.17) is 14.9 Å². The number of benzene rings is 1. The summed E-state index contributed by atoms with van der Waals surface area (Å²) in [4.78, 5) is 23.1. The summed E-state index contributed by atoms with van der Waals surface area (Å²) >= 11 is 0. The van der Waals surface area contributed by atoms with Crippen LogP contribution in [0.4, 0.5) is 5.69 Å². The van der Waals surface area contributed by atoms with Gasteiger partial charge in [-0.1, -0.05) is 0 Å². The van der Waals surface area contributed by atoms with E-state index in [1.54, 1.807) is 36.4 Å². The topological polar surface area (TPSA) is 94.6 Å². The Kier molecular flexibility index (Phi) is 4.39. The van der Waals surface area contributed by atoms with Crippen molar-refractivity contribution >= 4 is 17.6 Å². The van der Waals surface area contributed by atoms with Crippen molar-refractivity contribution in [1.82, 2.24) is 5.32 Å². The molecule has 1 aromatic heterocycles. The second-order valence-electron chi connectivity index (χ2n) is 4.05. The number of carbonyl (C=O) groups is 2. The van der Waals surface area contributed by atoms with Gasteiger partial charge in [-0.3, -0.25) is 4.79 Å². The van der Waals surface area contributed by atoms with Crippen molar-refractivity contribution in [3.8, 4) is 0 Å². The van der Waals surface area contributed by atoms with E-state index in [0.29, 0.717) is 17.0 Å². The van der Waals surface area contributed by atoms with Crippen LogP contribution in [0.1, 0.15) is 16.1 Å². The van der Waals surface area contributed by atoms with Gasteiger partial charge >= 0.3 is 5.97 Å². The molecule has 104 valence electrons. The first-order valence-electron chi connectivity index (χ1n) is 5.97. The number of rotatable bonds is 5. The first-order valence-corrected chi connectivity index (χ1v) is 5.97. The van der Waals surface area contributed by atoms with Crippen LogP contribution >= 0.6 is 0 Å². The first-order chi connectivity index (χ1) is 9.65. The number of hydrogen-bond donors (Lipinski definition) is 2. The molecule has 1 amide bonds. The minimum Gasteiger partial charge on any atom is -0.467 e. The summed E-state index contributed by atoms with van der Waals surface area (Å²) in [6.07, 6.45) is 1.52. The SMILES string of the molecule is Nc1ccc(C(=O)OCC(=O)NCc2ccco2)cc1. The molecule has 0 atom stereocenters. The van der Waals surface area contributed by atoms with E-state index in [2.05, 4.69) is 5.32 Å². The number of ether oxygens (including phenoxy) is 1. The number of nitrogen functional groups attached to an aromatic ring is 1. The minimum absolute atomic E-state index is 0.255. The lowest BCUT2D eigenvalue weighted by Crippen LogP contribution is -2.28. The third-order valence-corrected chi connectivity index (χ3v) is 2.52. The fourth-order valence-corrected chi connectivity index (χ4v) is 1.48. The van der Waals surface area contributed by atoms with Crippen LogP contribution < -0.4 is 11.1 Å². The molecule has 0 radical (unpaired) electrons. The van der Waals surface area contributed by atoms with Crippen LogP contribution in [-0.2, 0) is 16.1 Å². The summed E-state index contributed by atoms with van der Waals surface area (Å²) < 4.78 is 9.93. The second kappa shape index (κ2) is 6.42. The maximum Gasteiger partial charge on any atom is 0.338 e. The zero-order valence-corrected chi connectivity index (χ0v) is 10.7. The highest BCUT2D eigenvalue weighted by molar-refractivity contribution is 5.91. The molecule has 0 saturated heterocycles. The van der Waals surface area contributed by atoms with Crippen molar-refractivity contribution < 1.29 is 18.7 Å². The molecule has 6 heteroatoms. The van der Waals surface area contributed by atoms with Crippen molar-refractivity contribution in [3.63, 3.8) is 0 Å². The fourth-order valence-electron chi connectivity index (χ4n) is 1.48. The lowest BCUT2D eigenvalue weighted by atomic mass is 10.2. The van der Waals surface area contributed by atoms with Gasteiger partial charge in [-0.2, -0.15) is 0 Å². The summed E-state index contributed by atoms with van der Waals surface area (Å²) in [5.74, 6) is -0.341. The molecule has 0 saturated carbocycles. The molecule has 0 fully saturated rings. The highest BCUT2D eigenvalue weighted by Crippen LogP contribution is 2.06. The molecule has 0 aliphatic carbocycles. The van der Waals surface area contributed by atoms with E-state index in [-0.39, 0.29) is 13.2 Å². The van der Waals surface area contributed by atoms with Crippen LogP contribution in [-0.4, -0.2) is 18.5 Å². The Morgan fingerprint density at radius 1 is 1.20 bits per heavy atom. The molecule has 0 aliphatic rings. The third-order valence-electron chi connectivity index (χ3n) is 2.52. The molecule has 6 nitrogen and oxygen atoms in total. The molecule has 0 bridgehead atoms. The quantitative estimate of drug-likeness (QED) is 0.633. The summed E-state index contributed by atoms with van der Waals surface area (Å²) in [6.45, 7) is -0.0881. The van der Waals surface area contributed by atoms with Gasteiger partial charge in [-0.25, -0.2) is 4.79 Å².